The molecule has 3 nitrogen and oxygen atoms in total. The fourth-order valence-corrected chi connectivity index (χ4v) is 2.81. The maximum absolute atomic E-state index is 11.7. The molecule has 1 aromatic carbocycles. The van der Waals surface area contributed by atoms with Gasteiger partial charge in [-0.15, -0.1) is 0 Å². The van der Waals surface area contributed by atoms with Crippen LogP contribution in [0.15, 0.2) is 18.2 Å². The number of hydrogen-bond acceptors (Lipinski definition) is 3. The average molecular weight is 247 g/mol. The summed E-state index contributed by atoms with van der Waals surface area (Å²) in [6, 6.07) is 6.50. The number of aryl methyl sites for hydroxylation is 2. The van der Waals surface area contributed by atoms with Gasteiger partial charge in [-0.1, -0.05) is 29.3 Å². The zero-order valence-corrected chi connectivity index (χ0v) is 11.4. The Hall–Kier alpha value is -1.35. The third-order valence-corrected chi connectivity index (χ3v) is 3.50. The summed E-state index contributed by atoms with van der Waals surface area (Å²) in [5.74, 6) is -0.100. The molecule has 0 N–H and O–H groups in total. The van der Waals surface area contributed by atoms with Crippen LogP contribution in [0.5, 0.6) is 0 Å². The molecule has 1 aliphatic rings. The Morgan fingerprint density at radius 1 is 1.33 bits per heavy atom. The van der Waals surface area contributed by atoms with Gasteiger partial charge in [0, 0.05) is 6.54 Å². The second kappa shape index (κ2) is 5.53. The van der Waals surface area contributed by atoms with Crippen LogP contribution in [0.1, 0.15) is 29.5 Å². The summed E-state index contributed by atoms with van der Waals surface area (Å²) in [4.78, 5) is 13.9. The van der Waals surface area contributed by atoms with E-state index in [4.69, 9.17) is 4.74 Å². The first-order valence-electron chi connectivity index (χ1n) is 6.49. The van der Waals surface area contributed by atoms with E-state index in [-0.39, 0.29) is 12.0 Å². The smallest absolute Gasteiger partial charge is 0.323 e. The molecule has 0 radical (unpaired) electrons. The summed E-state index contributed by atoms with van der Waals surface area (Å²) in [6.07, 6.45) is 1.99. The summed E-state index contributed by atoms with van der Waals surface area (Å²) in [7, 11) is 1.47. The average Bonchev–Trinajstić information content (AvgIpc) is 2.74. The Labute approximate surface area is 109 Å². The molecule has 0 spiro atoms. The van der Waals surface area contributed by atoms with Gasteiger partial charge in [-0.3, -0.25) is 9.69 Å². The van der Waals surface area contributed by atoms with Crippen molar-refractivity contribution in [2.45, 2.75) is 39.3 Å². The van der Waals surface area contributed by atoms with E-state index in [0.29, 0.717) is 0 Å². The highest BCUT2D eigenvalue weighted by Gasteiger charge is 2.31. The topological polar surface area (TPSA) is 29.5 Å². The molecular formula is C15H21NO2. The fraction of sp³-hybridized carbons (Fsp3) is 0.533. The lowest BCUT2D eigenvalue weighted by molar-refractivity contribution is -0.146. The van der Waals surface area contributed by atoms with Crippen molar-refractivity contribution in [3.8, 4) is 0 Å². The zero-order valence-electron chi connectivity index (χ0n) is 11.4. The molecule has 18 heavy (non-hydrogen) atoms. The molecule has 1 atom stereocenters. The number of rotatable bonds is 3. The molecule has 0 aromatic heterocycles. The number of nitrogens with zero attached hydrogens (tertiary/aromatic N) is 1. The molecule has 98 valence electrons. The lowest BCUT2D eigenvalue weighted by Gasteiger charge is -2.22. The molecule has 3 heteroatoms. The van der Waals surface area contributed by atoms with E-state index in [1.807, 2.05) is 0 Å². The van der Waals surface area contributed by atoms with Crippen molar-refractivity contribution in [2.75, 3.05) is 13.7 Å². The largest absolute Gasteiger partial charge is 0.468 e. The molecule has 0 aliphatic carbocycles. The molecule has 1 unspecified atom stereocenters. The van der Waals surface area contributed by atoms with Gasteiger partial charge < -0.3 is 4.74 Å². The highest BCUT2D eigenvalue weighted by atomic mass is 16.5. The van der Waals surface area contributed by atoms with E-state index in [1.54, 1.807) is 0 Å². The lowest BCUT2D eigenvalue weighted by Crippen LogP contribution is -2.36. The summed E-state index contributed by atoms with van der Waals surface area (Å²) in [5, 5.41) is 0. The van der Waals surface area contributed by atoms with E-state index in [0.717, 1.165) is 25.9 Å². The SMILES string of the molecule is COC(=O)C1CCCN1Cc1cc(C)cc(C)c1. The van der Waals surface area contributed by atoms with Gasteiger partial charge in [-0.2, -0.15) is 0 Å². The van der Waals surface area contributed by atoms with E-state index >= 15 is 0 Å². The Bertz CT molecular complexity index is 422. The van der Waals surface area contributed by atoms with Gasteiger partial charge in [-0.25, -0.2) is 0 Å². The first-order valence-corrected chi connectivity index (χ1v) is 6.49. The fourth-order valence-electron chi connectivity index (χ4n) is 2.81. The number of benzene rings is 1. The summed E-state index contributed by atoms with van der Waals surface area (Å²) in [5.41, 5.74) is 3.83. The quantitative estimate of drug-likeness (QED) is 0.768. The minimum Gasteiger partial charge on any atom is -0.468 e. The van der Waals surface area contributed by atoms with Gasteiger partial charge in [0.1, 0.15) is 6.04 Å². The van der Waals surface area contributed by atoms with Crippen molar-refractivity contribution in [1.82, 2.24) is 4.90 Å². The van der Waals surface area contributed by atoms with Crippen molar-refractivity contribution >= 4 is 5.97 Å². The van der Waals surface area contributed by atoms with Crippen LogP contribution in [0.4, 0.5) is 0 Å². The van der Waals surface area contributed by atoms with Gasteiger partial charge in [0.2, 0.25) is 0 Å². The Balaban J connectivity index is 2.10. The summed E-state index contributed by atoms with van der Waals surface area (Å²) >= 11 is 0. The van der Waals surface area contributed by atoms with Crippen molar-refractivity contribution in [3.05, 3.63) is 34.9 Å². The van der Waals surface area contributed by atoms with Crippen molar-refractivity contribution in [1.29, 1.82) is 0 Å². The number of esters is 1. The molecule has 1 saturated heterocycles. The molecule has 0 bridgehead atoms. The minimum absolute atomic E-state index is 0.0594. The van der Waals surface area contributed by atoms with Crippen LogP contribution < -0.4 is 0 Å². The van der Waals surface area contributed by atoms with Gasteiger partial charge in [0.15, 0.2) is 0 Å². The Morgan fingerprint density at radius 2 is 2.00 bits per heavy atom. The number of likely N-dealkylation sites (tertiary alicyclic amines) is 1. The van der Waals surface area contributed by atoms with Gasteiger partial charge in [-0.05, 0) is 38.8 Å². The molecule has 0 amide bonds. The van der Waals surface area contributed by atoms with E-state index in [9.17, 15) is 4.79 Å². The van der Waals surface area contributed by atoms with Crippen molar-refractivity contribution < 1.29 is 9.53 Å². The maximum Gasteiger partial charge on any atom is 0.323 e. The molecular weight excluding hydrogens is 226 g/mol. The van der Waals surface area contributed by atoms with Crippen LogP contribution >= 0.6 is 0 Å². The number of carbonyl (C=O) groups is 1. The van der Waals surface area contributed by atoms with E-state index in [2.05, 4.69) is 36.9 Å². The lowest BCUT2D eigenvalue weighted by atomic mass is 10.1. The Kier molecular flexibility index (Phi) is 4.02. The number of ether oxygens (including phenoxy) is 1. The maximum atomic E-state index is 11.7. The first-order chi connectivity index (χ1) is 8.60. The second-order valence-corrected chi connectivity index (χ2v) is 5.15. The molecule has 2 rings (SSSR count). The van der Waals surface area contributed by atoms with Gasteiger partial charge in [0.25, 0.3) is 0 Å². The highest BCUT2D eigenvalue weighted by molar-refractivity contribution is 5.75. The minimum atomic E-state index is -0.100. The number of methoxy groups -OCH3 is 1. The summed E-state index contributed by atoms with van der Waals surface area (Å²) < 4.78 is 4.87. The molecule has 0 saturated carbocycles. The van der Waals surface area contributed by atoms with E-state index in [1.165, 1.54) is 23.8 Å². The number of carbonyl (C=O) groups excluding carboxylic acids is 1. The molecule has 1 aliphatic heterocycles. The van der Waals surface area contributed by atoms with Crippen LogP contribution in [-0.4, -0.2) is 30.6 Å². The first kappa shape index (κ1) is 13.1. The predicted octanol–water partition coefficient (Wildman–Crippen LogP) is 2.44. The normalized spacial score (nSPS) is 20.1. The predicted molar refractivity (Wildman–Crippen MR) is 71.4 cm³/mol. The Morgan fingerprint density at radius 3 is 2.61 bits per heavy atom. The van der Waals surface area contributed by atoms with Crippen LogP contribution in [0.2, 0.25) is 0 Å². The highest BCUT2D eigenvalue weighted by Crippen LogP contribution is 2.22. The van der Waals surface area contributed by atoms with Crippen LogP contribution in [0, 0.1) is 13.8 Å². The van der Waals surface area contributed by atoms with E-state index < -0.39 is 0 Å². The number of hydrogen-bond donors (Lipinski definition) is 0. The standard InChI is InChI=1S/C15H21NO2/c1-11-7-12(2)9-13(8-11)10-16-6-4-5-14(16)15(17)18-3/h7-9,14H,4-6,10H2,1-3H3. The van der Waals surface area contributed by atoms with Crippen LogP contribution in [0.25, 0.3) is 0 Å². The molecule has 1 aromatic rings. The van der Waals surface area contributed by atoms with Gasteiger partial charge >= 0.3 is 5.97 Å². The van der Waals surface area contributed by atoms with Crippen molar-refractivity contribution in [2.24, 2.45) is 0 Å². The van der Waals surface area contributed by atoms with Crippen LogP contribution in [0.3, 0.4) is 0 Å². The summed E-state index contributed by atoms with van der Waals surface area (Å²) in [6.45, 7) is 6.03. The molecule has 1 fully saturated rings. The van der Waals surface area contributed by atoms with Gasteiger partial charge in [0.05, 0.1) is 7.11 Å². The molecule has 1 heterocycles. The zero-order chi connectivity index (χ0) is 13.1. The third kappa shape index (κ3) is 2.91. The third-order valence-electron chi connectivity index (χ3n) is 3.50. The second-order valence-electron chi connectivity index (χ2n) is 5.15. The van der Waals surface area contributed by atoms with Crippen LogP contribution in [-0.2, 0) is 16.1 Å². The van der Waals surface area contributed by atoms with Crippen molar-refractivity contribution in [3.63, 3.8) is 0 Å². The monoisotopic (exact) mass is 247 g/mol.